The lowest BCUT2D eigenvalue weighted by molar-refractivity contribution is 0.101. The van der Waals surface area contributed by atoms with Gasteiger partial charge >= 0.3 is 0 Å². The summed E-state index contributed by atoms with van der Waals surface area (Å²) in [6, 6.07) is 14.5. The molecule has 0 aliphatic rings. The van der Waals surface area contributed by atoms with E-state index in [0.29, 0.717) is 22.7 Å². The Morgan fingerprint density at radius 2 is 2.00 bits per heavy atom. The molecule has 0 saturated carbocycles. The summed E-state index contributed by atoms with van der Waals surface area (Å²) in [4.78, 5) is 12.5. The van der Waals surface area contributed by atoms with Crippen molar-refractivity contribution in [2.24, 2.45) is 0 Å². The van der Waals surface area contributed by atoms with Gasteiger partial charge in [0.15, 0.2) is 5.76 Å². The van der Waals surface area contributed by atoms with Crippen LogP contribution in [0.15, 0.2) is 52.9 Å². The topological polar surface area (TPSA) is 39.4 Å². The van der Waals surface area contributed by atoms with Gasteiger partial charge in [0.05, 0.1) is 0 Å². The molecule has 0 spiro atoms. The SMILES string of the molecule is C#CCOc1ccc2c(C)c(C(=O)c3ccccc3)oc2c1. The van der Waals surface area contributed by atoms with Crippen molar-refractivity contribution in [1.29, 1.82) is 0 Å². The fraction of sp³-hybridized carbons (Fsp3) is 0.105. The second-order valence-corrected chi connectivity index (χ2v) is 4.90. The highest BCUT2D eigenvalue weighted by Gasteiger charge is 2.19. The maximum atomic E-state index is 12.5. The Balaban J connectivity index is 2.02. The van der Waals surface area contributed by atoms with Crippen LogP contribution in [0.2, 0.25) is 0 Å². The third-order valence-electron chi connectivity index (χ3n) is 3.47. The molecule has 22 heavy (non-hydrogen) atoms. The molecule has 0 bridgehead atoms. The molecule has 0 radical (unpaired) electrons. The summed E-state index contributed by atoms with van der Waals surface area (Å²) in [6.45, 7) is 2.07. The Kier molecular flexibility index (Phi) is 3.67. The number of rotatable bonds is 4. The number of benzene rings is 2. The third kappa shape index (κ3) is 2.47. The molecule has 108 valence electrons. The number of hydrogen-bond donors (Lipinski definition) is 0. The van der Waals surface area contributed by atoms with Crippen molar-refractivity contribution in [2.45, 2.75) is 6.92 Å². The van der Waals surface area contributed by atoms with Crippen molar-refractivity contribution in [3.8, 4) is 18.1 Å². The molecule has 2 aromatic carbocycles. The summed E-state index contributed by atoms with van der Waals surface area (Å²) in [7, 11) is 0. The smallest absolute Gasteiger partial charge is 0.228 e. The van der Waals surface area contributed by atoms with Crippen LogP contribution in [0.1, 0.15) is 21.7 Å². The molecule has 0 atom stereocenters. The average molecular weight is 290 g/mol. The average Bonchev–Trinajstić information content (AvgIpc) is 2.89. The van der Waals surface area contributed by atoms with Gasteiger partial charge in [0.2, 0.25) is 5.78 Å². The minimum absolute atomic E-state index is 0.125. The number of hydrogen-bond acceptors (Lipinski definition) is 3. The first-order chi connectivity index (χ1) is 10.7. The van der Waals surface area contributed by atoms with E-state index in [4.69, 9.17) is 15.6 Å². The van der Waals surface area contributed by atoms with Crippen LogP contribution in [0, 0.1) is 19.3 Å². The van der Waals surface area contributed by atoms with Gasteiger partial charge in [-0.25, -0.2) is 0 Å². The van der Waals surface area contributed by atoms with Crippen LogP contribution < -0.4 is 4.74 Å². The predicted molar refractivity (Wildman–Crippen MR) is 85.2 cm³/mol. The number of fused-ring (bicyclic) bond motifs is 1. The highest BCUT2D eigenvalue weighted by Crippen LogP contribution is 2.30. The molecular weight excluding hydrogens is 276 g/mol. The van der Waals surface area contributed by atoms with Crippen molar-refractivity contribution < 1.29 is 13.9 Å². The molecule has 3 aromatic rings. The van der Waals surface area contributed by atoms with Gasteiger partial charge in [-0.1, -0.05) is 36.3 Å². The van der Waals surface area contributed by atoms with E-state index < -0.39 is 0 Å². The van der Waals surface area contributed by atoms with Gasteiger partial charge < -0.3 is 9.15 Å². The molecular formula is C19H14O3. The van der Waals surface area contributed by atoms with E-state index in [1.165, 1.54) is 0 Å². The molecule has 3 heteroatoms. The van der Waals surface area contributed by atoms with E-state index in [-0.39, 0.29) is 12.4 Å². The quantitative estimate of drug-likeness (QED) is 0.539. The maximum Gasteiger partial charge on any atom is 0.228 e. The summed E-state index contributed by atoms with van der Waals surface area (Å²) in [5.74, 6) is 3.27. The van der Waals surface area contributed by atoms with Gasteiger partial charge in [0.25, 0.3) is 0 Å². The van der Waals surface area contributed by atoms with Crippen LogP contribution in [0.4, 0.5) is 0 Å². The van der Waals surface area contributed by atoms with Gasteiger partial charge in [-0.3, -0.25) is 4.79 Å². The van der Waals surface area contributed by atoms with Crippen LogP contribution in [0.3, 0.4) is 0 Å². The van der Waals surface area contributed by atoms with E-state index in [1.807, 2.05) is 37.3 Å². The second kappa shape index (κ2) is 5.79. The van der Waals surface area contributed by atoms with E-state index in [0.717, 1.165) is 10.9 Å². The molecule has 0 aliphatic heterocycles. The van der Waals surface area contributed by atoms with Crippen LogP contribution in [0.5, 0.6) is 5.75 Å². The van der Waals surface area contributed by atoms with Crippen LogP contribution >= 0.6 is 0 Å². The first-order valence-corrected chi connectivity index (χ1v) is 6.90. The Hall–Kier alpha value is -2.99. The van der Waals surface area contributed by atoms with E-state index in [9.17, 15) is 4.79 Å². The number of carbonyl (C=O) groups is 1. The van der Waals surface area contributed by atoms with E-state index >= 15 is 0 Å². The summed E-state index contributed by atoms with van der Waals surface area (Å²) >= 11 is 0. The molecule has 3 rings (SSSR count). The molecule has 1 heterocycles. The monoisotopic (exact) mass is 290 g/mol. The molecule has 0 aliphatic carbocycles. The maximum absolute atomic E-state index is 12.5. The fourth-order valence-corrected chi connectivity index (χ4v) is 2.36. The number of ether oxygens (including phenoxy) is 1. The molecule has 1 aromatic heterocycles. The third-order valence-corrected chi connectivity index (χ3v) is 3.47. The Morgan fingerprint density at radius 3 is 2.73 bits per heavy atom. The van der Waals surface area contributed by atoms with Crippen molar-refractivity contribution in [1.82, 2.24) is 0 Å². The normalized spacial score (nSPS) is 10.4. The minimum atomic E-state index is -0.125. The lowest BCUT2D eigenvalue weighted by atomic mass is 10.0. The molecule has 0 fully saturated rings. The van der Waals surface area contributed by atoms with E-state index in [1.54, 1.807) is 18.2 Å². The zero-order valence-corrected chi connectivity index (χ0v) is 12.1. The van der Waals surface area contributed by atoms with Crippen LogP contribution in [-0.2, 0) is 0 Å². The van der Waals surface area contributed by atoms with Crippen molar-refractivity contribution in [3.05, 3.63) is 65.4 Å². The zero-order chi connectivity index (χ0) is 15.5. The van der Waals surface area contributed by atoms with Gasteiger partial charge in [-0.05, 0) is 19.1 Å². The number of furan rings is 1. The number of ketones is 1. The molecule has 0 saturated heterocycles. The Morgan fingerprint density at radius 1 is 1.23 bits per heavy atom. The van der Waals surface area contributed by atoms with Crippen LogP contribution in [-0.4, -0.2) is 12.4 Å². The van der Waals surface area contributed by atoms with Gasteiger partial charge in [-0.2, -0.15) is 0 Å². The van der Waals surface area contributed by atoms with Crippen molar-refractivity contribution in [2.75, 3.05) is 6.61 Å². The molecule has 0 unspecified atom stereocenters. The predicted octanol–water partition coefficient (Wildman–Crippen LogP) is 3.98. The Bertz CT molecular complexity index is 867. The van der Waals surface area contributed by atoms with Crippen molar-refractivity contribution >= 4 is 16.8 Å². The lowest BCUT2D eigenvalue weighted by Crippen LogP contribution is -2.00. The highest BCUT2D eigenvalue weighted by molar-refractivity contribution is 6.10. The summed E-state index contributed by atoms with van der Waals surface area (Å²) in [6.07, 6.45) is 5.18. The van der Waals surface area contributed by atoms with Gasteiger partial charge in [0, 0.05) is 22.6 Å². The van der Waals surface area contributed by atoms with E-state index in [2.05, 4.69) is 5.92 Å². The number of carbonyl (C=O) groups excluding carboxylic acids is 1. The first kappa shape index (κ1) is 14.0. The molecule has 3 nitrogen and oxygen atoms in total. The molecule has 0 amide bonds. The first-order valence-electron chi connectivity index (χ1n) is 6.90. The largest absolute Gasteiger partial charge is 0.481 e. The second-order valence-electron chi connectivity index (χ2n) is 4.90. The zero-order valence-electron chi connectivity index (χ0n) is 12.1. The van der Waals surface area contributed by atoms with Gasteiger partial charge in [0.1, 0.15) is 17.9 Å². The molecule has 0 N–H and O–H groups in total. The van der Waals surface area contributed by atoms with Crippen LogP contribution in [0.25, 0.3) is 11.0 Å². The summed E-state index contributed by atoms with van der Waals surface area (Å²) in [5, 5.41) is 0.896. The summed E-state index contributed by atoms with van der Waals surface area (Å²) < 4.78 is 11.1. The Labute approximate surface area is 128 Å². The number of terminal acetylenes is 1. The standard InChI is InChI=1S/C19H14O3/c1-3-11-21-15-9-10-16-13(2)19(22-17(16)12-15)18(20)14-7-5-4-6-8-14/h1,4-10,12H,11H2,2H3. The summed E-state index contributed by atoms with van der Waals surface area (Å²) in [5.41, 5.74) is 2.05. The lowest BCUT2D eigenvalue weighted by Gasteiger charge is -2.00. The number of aryl methyl sites for hydroxylation is 1. The van der Waals surface area contributed by atoms with Crippen molar-refractivity contribution in [3.63, 3.8) is 0 Å². The highest BCUT2D eigenvalue weighted by atomic mass is 16.5. The van der Waals surface area contributed by atoms with Gasteiger partial charge in [-0.15, -0.1) is 6.42 Å². The minimum Gasteiger partial charge on any atom is -0.481 e. The fourth-order valence-electron chi connectivity index (χ4n) is 2.36.